The Balaban J connectivity index is 1.29. The Hall–Kier alpha value is -4.41. The smallest absolute Gasteiger partial charge is 0.270 e. The summed E-state index contributed by atoms with van der Waals surface area (Å²) in [6.07, 6.45) is 2.50. The second-order valence-electron chi connectivity index (χ2n) is 12.1. The molecule has 2 amide bonds. The highest BCUT2D eigenvalue weighted by Gasteiger charge is 2.34. The second kappa shape index (κ2) is 14.3. The van der Waals surface area contributed by atoms with E-state index in [1.54, 1.807) is 41.5 Å². The number of halogens is 2. The topological polar surface area (TPSA) is 108 Å². The minimum absolute atomic E-state index is 0.0782. The van der Waals surface area contributed by atoms with Crippen LogP contribution in [0, 0.1) is 13.8 Å². The molecule has 0 radical (unpaired) electrons. The van der Waals surface area contributed by atoms with E-state index in [9.17, 15) is 23.5 Å². The summed E-state index contributed by atoms with van der Waals surface area (Å²) in [5.74, 6) is -3.06. The summed E-state index contributed by atoms with van der Waals surface area (Å²) in [7, 11) is 0. The van der Waals surface area contributed by atoms with Crippen LogP contribution in [0.2, 0.25) is 0 Å². The zero-order valence-electron chi connectivity index (χ0n) is 26.3. The van der Waals surface area contributed by atoms with Crippen molar-refractivity contribution in [2.24, 2.45) is 0 Å². The third-order valence-electron chi connectivity index (χ3n) is 8.22. The van der Waals surface area contributed by atoms with Crippen LogP contribution in [-0.4, -0.2) is 52.0 Å². The maximum absolute atomic E-state index is 13.8. The van der Waals surface area contributed by atoms with Crippen molar-refractivity contribution >= 4 is 11.8 Å². The average Bonchev–Trinajstić information content (AvgIpc) is 3.69. The van der Waals surface area contributed by atoms with Crippen molar-refractivity contribution in [1.29, 1.82) is 0 Å². The van der Waals surface area contributed by atoms with Crippen molar-refractivity contribution in [1.82, 2.24) is 20.5 Å². The monoisotopic (exact) mass is 630 g/mol. The lowest BCUT2D eigenvalue weighted by molar-refractivity contribution is 0.0173. The number of hydrogen-bond acceptors (Lipinski definition) is 6. The normalized spacial score (nSPS) is 16.3. The number of aryl methyl sites for hydroxylation is 2. The van der Waals surface area contributed by atoms with E-state index in [1.807, 2.05) is 44.2 Å². The number of nitrogens with zero attached hydrogens (tertiary/aromatic N) is 2. The Bertz CT molecular complexity index is 1650. The van der Waals surface area contributed by atoms with Gasteiger partial charge in [0.1, 0.15) is 12.3 Å². The molecule has 10 heteroatoms. The molecule has 1 aliphatic heterocycles. The van der Waals surface area contributed by atoms with Crippen molar-refractivity contribution in [2.45, 2.75) is 70.7 Å². The second-order valence-corrected chi connectivity index (χ2v) is 12.1. The Morgan fingerprint density at radius 2 is 1.78 bits per heavy atom. The number of benzene rings is 3. The lowest BCUT2D eigenvalue weighted by Gasteiger charge is -2.25. The minimum Gasteiger partial charge on any atom is -0.446 e. The average molecular weight is 631 g/mol. The number of nitrogens with one attached hydrogen (secondary N) is 2. The van der Waals surface area contributed by atoms with Crippen molar-refractivity contribution in [3.63, 3.8) is 0 Å². The van der Waals surface area contributed by atoms with E-state index in [2.05, 4.69) is 15.6 Å². The van der Waals surface area contributed by atoms with Gasteiger partial charge in [-0.2, -0.15) is 0 Å². The summed E-state index contributed by atoms with van der Waals surface area (Å²) in [6, 6.07) is 19.8. The van der Waals surface area contributed by atoms with Gasteiger partial charge in [-0.15, -0.1) is 0 Å². The molecule has 3 N–H and O–H groups in total. The van der Waals surface area contributed by atoms with E-state index < -0.39 is 24.0 Å². The van der Waals surface area contributed by atoms with Crippen LogP contribution in [0.15, 0.2) is 83.5 Å². The van der Waals surface area contributed by atoms with Gasteiger partial charge in [0.15, 0.2) is 0 Å². The molecule has 3 aromatic carbocycles. The first-order chi connectivity index (χ1) is 22.0. The van der Waals surface area contributed by atoms with Gasteiger partial charge in [-0.05, 0) is 74.1 Å². The van der Waals surface area contributed by atoms with Crippen LogP contribution >= 0.6 is 0 Å². The maximum Gasteiger partial charge on any atom is 0.270 e. The summed E-state index contributed by atoms with van der Waals surface area (Å²) in [4.78, 5) is 33.5. The molecule has 3 atom stereocenters. The third kappa shape index (κ3) is 8.24. The molecule has 8 nitrogen and oxygen atoms in total. The highest BCUT2D eigenvalue weighted by atomic mass is 19.3. The van der Waals surface area contributed by atoms with E-state index in [-0.39, 0.29) is 30.6 Å². The predicted octanol–water partition coefficient (Wildman–Crippen LogP) is 5.87. The van der Waals surface area contributed by atoms with Crippen LogP contribution in [0.4, 0.5) is 8.78 Å². The van der Waals surface area contributed by atoms with E-state index in [4.69, 9.17) is 4.42 Å². The quantitative estimate of drug-likeness (QED) is 0.181. The van der Waals surface area contributed by atoms with Crippen LogP contribution in [-0.2, 0) is 18.9 Å². The summed E-state index contributed by atoms with van der Waals surface area (Å²) >= 11 is 0. The van der Waals surface area contributed by atoms with Crippen LogP contribution < -0.4 is 10.6 Å². The Morgan fingerprint density at radius 3 is 2.50 bits per heavy atom. The molecule has 0 bridgehead atoms. The fraction of sp³-hybridized carbons (Fsp3) is 0.361. The van der Waals surface area contributed by atoms with Gasteiger partial charge in [-0.1, -0.05) is 48.5 Å². The SMILES string of the molecule is Cc1cc(C(=O)N[C@@H](Cc2ccccc2)[C@H](O)CNCc2cccc(C(C)(F)F)c2)cc(C(=O)N2CCCC2c2nc(C)co2)c1. The molecule has 0 saturated carbocycles. The van der Waals surface area contributed by atoms with Gasteiger partial charge in [-0.3, -0.25) is 9.59 Å². The molecule has 1 aromatic heterocycles. The zero-order chi connectivity index (χ0) is 32.8. The number of alkyl halides is 2. The number of aliphatic hydroxyl groups excluding tert-OH is 1. The molecular weight excluding hydrogens is 590 g/mol. The first-order valence-electron chi connectivity index (χ1n) is 15.5. The van der Waals surface area contributed by atoms with Crippen molar-refractivity contribution in [2.75, 3.05) is 13.1 Å². The molecule has 4 aromatic rings. The number of aliphatic hydroxyl groups is 1. The van der Waals surface area contributed by atoms with Crippen molar-refractivity contribution < 1.29 is 27.9 Å². The lowest BCUT2D eigenvalue weighted by atomic mass is 9.99. The van der Waals surface area contributed by atoms with Crippen molar-refractivity contribution in [3.05, 3.63) is 124 Å². The van der Waals surface area contributed by atoms with E-state index in [1.165, 1.54) is 12.1 Å². The Kier molecular flexibility index (Phi) is 10.3. The number of amides is 2. The molecule has 1 fully saturated rings. The van der Waals surface area contributed by atoms with Gasteiger partial charge in [-0.25, -0.2) is 13.8 Å². The third-order valence-corrected chi connectivity index (χ3v) is 8.22. The highest BCUT2D eigenvalue weighted by Crippen LogP contribution is 2.33. The predicted molar refractivity (Wildman–Crippen MR) is 171 cm³/mol. The molecule has 5 rings (SSSR count). The van der Waals surface area contributed by atoms with Crippen LogP contribution in [0.1, 0.15) is 80.4 Å². The minimum atomic E-state index is -2.95. The molecule has 1 unspecified atom stereocenters. The van der Waals surface area contributed by atoms with Gasteiger partial charge in [0.25, 0.3) is 17.7 Å². The number of hydrogen-bond donors (Lipinski definition) is 3. The molecule has 46 heavy (non-hydrogen) atoms. The highest BCUT2D eigenvalue weighted by molar-refractivity contribution is 6.00. The Morgan fingerprint density at radius 1 is 1.04 bits per heavy atom. The maximum atomic E-state index is 13.8. The van der Waals surface area contributed by atoms with E-state index in [0.717, 1.165) is 36.6 Å². The zero-order valence-corrected chi connectivity index (χ0v) is 26.3. The number of likely N-dealkylation sites (tertiary alicyclic amines) is 1. The number of carbonyl (C=O) groups is 2. The van der Waals surface area contributed by atoms with Gasteiger partial charge >= 0.3 is 0 Å². The van der Waals surface area contributed by atoms with Gasteiger partial charge in [0.05, 0.1) is 17.8 Å². The van der Waals surface area contributed by atoms with Gasteiger partial charge in [0.2, 0.25) is 5.89 Å². The fourth-order valence-corrected chi connectivity index (χ4v) is 5.86. The number of aromatic nitrogens is 1. The van der Waals surface area contributed by atoms with Crippen LogP contribution in [0.3, 0.4) is 0 Å². The summed E-state index contributed by atoms with van der Waals surface area (Å²) < 4.78 is 33.2. The van der Waals surface area contributed by atoms with Gasteiger partial charge < -0.3 is 25.1 Å². The number of rotatable bonds is 12. The summed E-state index contributed by atoms with van der Waals surface area (Å²) in [5, 5.41) is 17.4. The fourth-order valence-electron chi connectivity index (χ4n) is 5.86. The number of oxazole rings is 1. The summed E-state index contributed by atoms with van der Waals surface area (Å²) in [6.45, 7) is 5.46. The molecule has 2 heterocycles. The van der Waals surface area contributed by atoms with E-state index in [0.29, 0.717) is 35.5 Å². The molecule has 242 valence electrons. The van der Waals surface area contributed by atoms with E-state index >= 15 is 0 Å². The molecule has 0 spiro atoms. The van der Waals surface area contributed by atoms with Crippen molar-refractivity contribution in [3.8, 4) is 0 Å². The van der Waals surface area contributed by atoms with Crippen LogP contribution in [0.5, 0.6) is 0 Å². The molecule has 1 aliphatic rings. The molecular formula is C36H40F2N4O4. The lowest BCUT2D eigenvalue weighted by Crippen LogP contribution is -2.48. The summed E-state index contributed by atoms with van der Waals surface area (Å²) in [5.41, 5.74) is 3.70. The first-order valence-corrected chi connectivity index (χ1v) is 15.5. The molecule has 0 aliphatic carbocycles. The number of carbonyl (C=O) groups excluding carboxylic acids is 2. The Labute approximate surface area is 267 Å². The van der Waals surface area contributed by atoms with Gasteiger partial charge in [0, 0.05) is 43.2 Å². The standard InChI is InChI=1S/C36H40F2N4O4/c1-23-15-27(19-28(16-23)35(45)42-14-8-13-31(42)34-40-24(2)22-46-34)33(44)41-30(18-25-9-5-4-6-10-25)32(43)21-39-20-26-11-7-12-29(17-26)36(3,37)38/h4-7,9-12,15-17,19,22,30-32,39,43H,8,13-14,18,20-21H2,1-3H3,(H,41,44)/t30-,31?,32+/m0/s1. The van der Waals surface area contributed by atoms with Crippen LogP contribution in [0.25, 0.3) is 0 Å². The molecule has 1 saturated heterocycles. The first kappa shape index (κ1) is 33.0. The largest absolute Gasteiger partial charge is 0.446 e.